The lowest BCUT2D eigenvalue weighted by atomic mass is 10.0. The van der Waals surface area contributed by atoms with Crippen LogP contribution in [0.4, 0.5) is 4.39 Å². The topological polar surface area (TPSA) is 49.3 Å². The van der Waals surface area contributed by atoms with Gasteiger partial charge in [0.2, 0.25) is 0 Å². The molecule has 0 aliphatic heterocycles. The Hall–Kier alpha value is -1.42. The quantitative estimate of drug-likeness (QED) is 0.865. The molecule has 1 aliphatic rings. The second-order valence-electron chi connectivity index (χ2n) is 5.13. The number of benzene rings is 1. The molecule has 1 fully saturated rings. The Morgan fingerprint density at radius 1 is 1.39 bits per heavy atom. The molecule has 1 amide bonds. The number of aryl methyl sites for hydroxylation is 1. The fourth-order valence-corrected chi connectivity index (χ4v) is 2.42. The van der Waals surface area contributed by atoms with Gasteiger partial charge in [-0.05, 0) is 43.5 Å². The molecule has 0 spiro atoms. The highest BCUT2D eigenvalue weighted by atomic mass is 19.1. The molecule has 1 aromatic carbocycles. The van der Waals surface area contributed by atoms with Crippen molar-refractivity contribution in [2.75, 3.05) is 6.54 Å². The van der Waals surface area contributed by atoms with Crippen LogP contribution < -0.4 is 5.32 Å². The largest absolute Gasteiger partial charge is 0.388 e. The SMILES string of the molecule is Cc1cc(F)cc(C(=O)NCC2(O)CCCC2)c1. The van der Waals surface area contributed by atoms with Crippen LogP contribution in [-0.4, -0.2) is 23.2 Å². The number of carbonyl (C=O) groups excluding carboxylic acids is 1. The van der Waals surface area contributed by atoms with Crippen molar-refractivity contribution < 1.29 is 14.3 Å². The Balaban J connectivity index is 1.99. The zero-order valence-electron chi connectivity index (χ0n) is 10.5. The molecule has 1 aliphatic carbocycles. The minimum atomic E-state index is -0.780. The smallest absolute Gasteiger partial charge is 0.251 e. The van der Waals surface area contributed by atoms with E-state index in [9.17, 15) is 14.3 Å². The maximum absolute atomic E-state index is 13.2. The summed E-state index contributed by atoms with van der Waals surface area (Å²) in [6.07, 6.45) is 3.42. The Morgan fingerprint density at radius 2 is 2.06 bits per heavy atom. The first-order valence-corrected chi connectivity index (χ1v) is 6.26. The predicted molar refractivity (Wildman–Crippen MR) is 66.9 cm³/mol. The molecular formula is C14H18FNO2. The first-order valence-electron chi connectivity index (χ1n) is 6.26. The molecule has 0 aromatic heterocycles. The van der Waals surface area contributed by atoms with Crippen LogP contribution in [-0.2, 0) is 0 Å². The molecule has 0 heterocycles. The van der Waals surface area contributed by atoms with E-state index < -0.39 is 11.4 Å². The van der Waals surface area contributed by atoms with Crippen LogP contribution in [0.25, 0.3) is 0 Å². The van der Waals surface area contributed by atoms with Crippen LogP contribution in [0, 0.1) is 12.7 Å². The van der Waals surface area contributed by atoms with Gasteiger partial charge in [-0.25, -0.2) is 4.39 Å². The maximum atomic E-state index is 13.2. The summed E-state index contributed by atoms with van der Waals surface area (Å²) in [4.78, 5) is 11.9. The zero-order valence-corrected chi connectivity index (χ0v) is 10.5. The van der Waals surface area contributed by atoms with Crippen molar-refractivity contribution in [1.82, 2.24) is 5.32 Å². The molecule has 2 rings (SSSR count). The van der Waals surface area contributed by atoms with E-state index in [1.807, 2.05) is 0 Å². The Morgan fingerprint density at radius 3 is 2.67 bits per heavy atom. The number of aliphatic hydroxyl groups is 1. The van der Waals surface area contributed by atoms with Gasteiger partial charge in [0.25, 0.3) is 5.91 Å². The molecule has 18 heavy (non-hydrogen) atoms. The summed E-state index contributed by atoms with van der Waals surface area (Å²) in [6, 6.07) is 4.22. The third-order valence-corrected chi connectivity index (χ3v) is 3.42. The highest BCUT2D eigenvalue weighted by molar-refractivity contribution is 5.94. The maximum Gasteiger partial charge on any atom is 0.251 e. The van der Waals surface area contributed by atoms with Gasteiger partial charge in [-0.2, -0.15) is 0 Å². The van der Waals surface area contributed by atoms with Crippen molar-refractivity contribution in [2.24, 2.45) is 0 Å². The van der Waals surface area contributed by atoms with E-state index in [1.165, 1.54) is 12.1 Å². The number of carbonyl (C=O) groups is 1. The van der Waals surface area contributed by atoms with Crippen LogP contribution in [0.2, 0.25) is 0 Å². The third kappa shape index (κ3) is 3.07. The van der Waals surface area contributed by atoms with Gasteiger partial charge in [0.15, 0.2) is 0 Å². The monoisotopic (exact) mass is 251 g/mol. The lowest BCUT2D eigenvalue weighted by Crippen LogP contribution is -2.40. The number of amides is 1. The standard InChI is InChI=1S/C14H18FNO2/c1-10-6-11(8-12(15)7-10)13(17)16-9-14(18)4-2-3-5-14/h6-8,18H,2-5,9H2,1H3,(H,16,17). The van der Waals surface area contributed by atoms with Gasteiger partial charge in [-0.15, -0.1) is 0 Å². The van der Waals surface area contributed by atoms with Gasteiger partial charge in [0.05, 0.1) is 5.60 Å². The molecule has 98 valence electrons. The van der Waals surface area contributed by atoms with E-state index in [0.717, 1.165) is 25.7 Å². The van der Waals surface area contributed by atoms with Gasteiger partial charge in [-0.3, -0.25) is 4.79 Å². The summed E-state index contributed by atoms with van der Waals surface area (Å²) in [5.74, 6) is -0.752. The first-order chi connectivity index (χ1) is 8.48. The van der Waals surface area contributed by atoms with Crippen LogP contribution in [0.5, 0.6) is 0 Å². The summed E-state index contributed by atoms with van der Waals surface area (Å²) in [6.45, 7) is 1.98. The van der Waals surface area contributed by atoms with E-state index in [1.54, 1.807) is 13.0 Å². The fourth-order valence-electron chi connectivity index (χ4n) is 2.42. The van der Waals surface area contributed by atoms with E-state index in [0.29, 0.717) is 11.1 Å². The summed E-state index contributed by atoms with van der Waals surface area (Å²) in [7, 11) is 0. The van der Waals surface area contributed by atoms with Crippen molar-refractivity contribution >= 4 is 5.91 Å². The molecule has 0 atom stereocenters. The Bertz CT molecular complexity index is 433. The average Bonchev–Trinajstić information content (AvgIpc) is 2.72. The molecule has 2 N–H and O–H groups in total. The van der Waals surface area contributed by atoms with Crippen molar-refractivity contribution in [1.29, 1.82) is 0 Å². The van der Waals surface area contributed by atoms with Crippen molar-refractivity contribution in [3.05, 3.63) is 35.1 Å². The predicted octanol–water partition coefficient (Wildman–Crippen LogP) is 2.17. The van der Waals surface area contributed by atoms with Gasteiger partial charge in [0, 0.05) is 12.1 Å². The summed E-state index contributed by atoms with van der Waals surface area (Å²) in [5.41, 5.74) is 0.228. The molecule has 3 nitrogen and oxygen atoms in total. The van der Waals surface area contributed by atoms with Gasteiger partial charge in [0.1, 0.15) is 5.82 Å². The van der Waals surface area contributed by atoms with Gasteiger partial charge >= 0.3 is 0 Å². The molecular weight excluding hydrogens is 233 g/mol. The van der Waals surface area contributed by atoms with Crippen LogP contribution in [0.1, 0.15) is 41.6 Å². The molecule has 1 saturated carbocycles. The van der Waals surface area contributed by atoms with Gasteiger partial charge < -0.3 is 10.4 Å². The van der Waals surface area contributed by atoms with Gasteiger partial charge in [-0.1, -0.05) is 12.8 Å². The molecule has 0 radical (unpaired) electrons. The summed E-state index contributed by atoms with van der Waals surface area (Å²) in [5, 5.41) is 12.8. The number of hydrogen-bond donors (Lipinski definition) is 2. The second-order valence-corrected chi connectivity index (χ2v) is 5.13. The van der Waals surface area contributed by atoms with Crippen LogP contribution >= 0.6 is 0 Å². The minimum absolute atomic E-state index is 0.237. The molecule has 0 bridgehead atoms. The number of nitrogens with one attached hydrogen (secondary N) is 1. The normalized spacial score (nSPS) is 17.7. The number of hydrogen-bond acceptors (Lipinski definition) is 2. The number of rotatable bonds is 3. The van der Waals surface area contributed by atoms with Crippen molar-refractivity contribution in [3.8, 4) is 0 Å². The first kappa shape index (κ1) is 13.0. The van der Waals surface area contributed by atoms with Crippen LogP contribution in [0.15, 0.2) is 18.2 Å². The third-order valence-electron chi connectivity index (χ3n) is 3.42. The Labute approximate surface area is 106 Å². The van der Waals surface area contributed by atoms with Crippen molar-refractivity contribution in [2.45, 2.75) is 38.2 Å². The minimum Gasteiger partial charge on any atom is -0.388 e. The summed E-state index contributed by atoms with van der Waals surface area (Å²) >= 11 is 0. The van der Waals surface area contributed by atoms with E-state index >= 15 is 0 Å². The van der Waals surface area contributed by atoms with E-state index in [4.69, 9.17) is 0 Å². The zero-order chi connectivity index (χ0) is 13.2. The highest BCUT2D eigenvalue weighted by Gasteiger charge is 2.31. The lowest BCUT2D eigenvalue weighted by Gasteiger charge is -2.22. The highest BCUT2D eigenvalue weighted by Crippen LogP contribution is 2.28. The van der Waals surface area contributed by atoms with Crippen molar-refractivity contribution in [3.63, 3.8) is 0 Å². The lowest BCUT2D eigenvalue weighted by molar-refractivity contribution is 0.0449. The van der Waals surface area contributed by atoms with Crippen LogP contribution in [0.3, 0.4) is 0 Å². The summed E-state index contributed by atoms with van der Waals surface area (Å²) < 4.78 is 13.2. The van der Waals surface area contributed by atoms with E-state index in [-0.39, 0.29) is 12.5 Å². The van der Waals surface area contributed by atoms with E-state index in [2.05, 4.69) is 5.32 Å². The second kappa shape index (κ2) is 5.06. The fraction of sp³-hybridized carbons (Fsp3) is 0.500. The molecule has 0 saturated heterocycles. The Kier molecular flexibility index (Phi) is 3.66. The number of halogens is 1. The molecule has 4 heteroatoms. The average molecular weight is 251 g/mol. The molecule has 0 unspecified atom stereocenters. The molecule has 1 aromatic rings.